The van der Waals surface area contributed by atoms with E-state index in [0.717, 1.165) is 12.0 Å². The topological polar surface area (TPSA) is 132 Å². The molecular weight excluding hydrogens is 518 g/mol. The lowest BCUT2D eigenvalue weighted by Crippen LogP contribution is -2.40. The third-order valence-corrected chi connectivity index (χ3v) is 9.72. The molecule has 204 valence electrons. The van der Waals surface area contributed by atoms with E-state index in [1.54, 1.807) is 50.0 Å². The Bertz CT molecular complexity index is 1510. The smallest absolute Gasteiger partial charge is 0.236 e. The molecule has 0 radical (unpaired) electrons. The zero-order valence-electron chi connectivity index (χ0n) is 21.9. The van der Waals surface area contributed by atoms with Gasteiger partial charge in [-0.25, -0.2) is 13.4 Å². The Kier molecular flexibility index (Phi) is 6.41. The fourth-order valence-electron chi connectivity index (χ4n) is 5.58. The van der Waals surface area contributed by atoms with Gasteiger partial charge < -0.3 is 14.8 Å². The Morgan fingerprint density at radius 3 is 2.64 bits per heavy atom. The minimum absolute atomic E-state index is 0.173. The van der Waals surface area contributed by atoms with E-state index in [0.29, 0.717) is 78.5 Å². The van der Waals surface area contributed by atoms with Crippen LogP contribution in [-0.2, 0) is 20.2 Å². The van der Waals surface area contributed by atoms with Crippen molar-refractivity contribution >= 4 is 27.3 Å². The third kappa shape index (κ3) is 5.03. The molecule has 6 rings (SSSR count). The lowest BCUT2D eigenvalue weighted by Gasteiger charge is -2.30. The predicted molar refractivity (Wildman–Crippen MR) is 146 cm³/mol. The number of carbonyl (C=O) groups excluding carboxylic acids is 1. The van der Waals surface area contributed by atoms with Gasteiger partial charge in [0.05, 0.1) is 59.5 Å². The molecule has 2 N–H and O–H groups in total. The molecule has 2 atom stereocenters. The van der Waals surface area contributed by atoms with Crippen LogP contribution in [0.3, 0.4) is 0 Å². The van der Waals surface area contributed by atoms with Crippen LogP contribution in [0.2, 0.25) is 0 Å². The molecule has 0 saturated heterocycles. The van der Waals surface area contributed by atoms with E-state index in [2.05, 4.69) is 25.0 Å². The Morgan fingerprint density at radius 1 is 1.13 bits per heavy atom. The number of anilines is 2. The van der Waals surface area contributed by atoms with Crippen LogP contribution in [0.4, 0.5) is 11.4 Å². The summed E-state index contributed by atoms with van der Waals surface area (Å²) in [5.41, 5.74) is 2.10. The van der Waals surface area contributed by atoms with Gasteiger partial charge in [-0.3, -0.25) is 19.5 Å². The minimum Gasteiger partial charge on any atom is -0.495 e. The number of ether oxygens (including phenoxy) is 2. The van der Waals surface area contributed by atoms with Crippen LogP contribution in [0.15, 0.2) is 48.9 Å². The summed E-state index contributed by atoms with van der Waals surface area (Å²) in [6.07, 6.45) is 8.60. The molecule has 0 spiro atoms. The molecule has 10 nitrogen and oxygen atoms in total. The van der Waals surface area contributed by atoms with Crippen LogP contribution >= 0.6 is 0 Å². The second-order valence-electron chi connectivity index (χ2n) is 10.6. The first-order valence-corrected chi connectivity index (χ1v) is 14.8. The van der Waals surface area contributed by atoms with Crippen molar-refractivity contribution in [2.24, 2.45) is 11.8 Å². The number of nitrogens with zero attached hydrogens (tertiary/aromatic N) is 3. The van der Waals surface area contributed by atoms with Crippen LogP contribution in [0, 0.1) is 11.8 Å². The SMILES string of the molecule is CCOc1cncc(-c2ccc(NC(=O)C3(c4cc(NS(=O)(=O)C5CC5)ccn4)CC4CC4C3)c(OC)c2)n1. The molecular formula is C28H31N5O5S. The maximum atomic E-state index is 14.0. The van der Waals surface area contributed by atoms with Crippen LogP contribution in [-0.4, -0.2) is 48.2 Å². The van der Waals surface area contributed by atoms with Crippen molar-refractivity contribution in [2.45, 2.75) is 49.7 Å². The van der Waals surface area contributed by atoms with Gasteiger partial charge in [0.25, 0.3) is 0 Å². The minimum atomic E-state index is -3.43. The Labute approximate surface area is 227 Å². The number of benzene rings is 1. The van der Waals surface area contributed by atoms with Crippen molar-refractivity contribution < 1.29 is 22.7 Å². The first kappa shape index (κ1) is 25.5. The van der Waals surface area contributed by atoms with Gasteiger partial charge in [0.1, 0.15) is 5.75 Å². The largest absolute Gasteiger partial charge is 0.495 e. The maximum Gasteiger partial charge on any atom is 0.236 e. The van der Waals surface area contributed by atoms with Crippen molar-refractivity contribution in [2.75, 3.05) is 23.8 Å². The Balaban J connectivity index is 1.27. The predicted octanol–water partition coefficient (Wildman–Crippen LogP) is 4.16. The number of nitrogens with one attached hydrogen (secondary N) is 2. The summed E-state index contributed by atoms with van der Waals surface area (Å²) in [7, 11) is -1.88. The summed E-state index contributed by atoms with van der Waals surface area (Å²) in [6.45, 7) is 2.37. The molecule has 0 bridgehead atoms. The lowest BCUT2D eigenvalue weighted by atomic mass is 9.78. The van der Waals surface area contributed by atoms with Crippen molar-refractivity contribution in [3.63, 3.8) is 0 Å². The van der Waals surface area contributed by atoms with Crippen LogP contribution < -0.4 is 19.5 Å². The third-order valence-electron chi connectivity index (χ3n) is 7.85. The molecule has 2 aromatic heterocycles. The van der Waals surface area contributed by atoms with Gasteiger partial charge in [0, 0.05) is 11.8 Å². The van der Waals surface area contributed by atoms with E-state index in [1.165, 1.54) is 0 Å². The number of pyridine rings is 1. The summed E-state index contributed by atoms with van der Waals surface area (Å²) >= 11 is 0. The summed E-state index contributed by atoms with van der Waals surface area (Å²) in [5.74, 6) is 1.70. The highest BCUT2D eigenvalue weighted by Crippen LogP contribution is 2.60. The van der Waals surface area contributed by atoms with Crippen LogP contribution in [0.1, 0.15) is 44.7 Å². The molecule has 3 aliphatic carbocycles. The van der Waals surface area contributed by atoms with Gasteiger partial charge in [-0.1, -0.05) is 6.07 Å². The van der Waals surface area contributed by atoms with Crippen molar-refractivity contribution in [3.8, 4) is 22.9 Å². The molecule has 11 heteroatoms. The number of fused-ring (bicyclic) bond motifs is 1. The first-order valence-electron chi connectivity index (χ1n) is 13.2. The van der Waals surface area contributed by atoms with Crippen LogP contribution in [0.5, 0.6) is 11.6 Å². The van der Waals surface area contributed by atoms with E-state index >= 15 is 0 Å². The molecule has 3 fully saturated rings. The highest BCUT2D eigenvalue weighted by atomic mass is 32.2. The normalized spacial score (nSPS) is 23.5. The number of amides is 1. The van der Waals surface area contributed by atoms with Gasteiger partial charge in [0.2, 0.25) is 21.8 Å². The molecule has 3 aromatic rings. The summed E-state index contributed by atoms with van der Waals surface area (Å²) in [6, 6.07) is 8.80. The molecule has 2 unspecified atom stereocenters. The summed E-state index contributed by atoms with van der Waals surface area (Å²) < 4.78 is 38.8. The van der Waals surface area contributed by atoms with Gasteiger partial charge in [0.15, 0.2) is 0 Å². The number of rotatable bonds is 10. The maximum absolute atomic E-state index is 14.0. The second kappa shape index (κ2) is 9.78. The molecule has 39 heavy (non-hydrogen) atoms. The fourth-order valence-corrected chi connectivity index (χ4v) is 6.96. The quantitative estimate of drug-likeness (QED) is 0.385. The van der Waals surface area contributed by atoms with Gasteiger partial charge >= 0.3 is 0 Å². The zero-order valence-corrected chi connectivity index (χ0v) is 22.7. The van der Waals surface area contributed by atoms with Crippen molar-refractivity contribution in [1.82, 2.24) is 15.0 Å². The second-order valence-corrected chi connectivity index (χ2v) is 12.5. The van der Waals surface area contributed by atoms with E-state index in [1.807, 2.05) is 13.0 Å². The van der Waals surface area contributed by atoms with Gasteiger partial charge in [-0.05, 0) is 75.1 Å². The van der Waals surface area contributed by atoms with Gasteiger partial charge in [-0.2, -0.15) is 0 Å². The standard InChI is InChI=1S/C28H31N5O5S/c1-3-38-26-16-29-15-23(31-26)17-4-7-22(24(11-17)37-2)32-27(34)28(13-18-10-19(18)14-28)25-12-20(8-9-30-25)33-39(35,36)21-5-6-21/h4,7-9,11-12,15-16,18-19,21H,3,5-6,10,13-14H2,1-2H3,(H,30,33)(H,32,34). The van der Waals surface area contributed by atoms with Crippen molar-refractivity contribution in [3.05, 3.63) is 54.6 Å². The highest BCUT2D eigenvalue weighted by Gasteiger charge is 2.59. The Hall–Kier alpha value is -3.73. The fraction of sp³-hybridized carbons (Fsp3) is 0.429. The molecule has 3 aliphatic rings. The molecule has 3 saturated carbocycles. The zero-order chi connectivity index (χ0) is 27.2. The number of carbonyl (C=O) groups is 1. The molecule has 1 aromatic carbocycles. The Morgan fingerprint density at radius 2 is 1.92 bits per heavy atom. The highest BCUT2D eigenvalue weighted by molar-refractivity contribution is 7.93. The average Bonchev–Trinajstić information content (AvgIpc) is 3.87. The monoisotopic (exact) mass is 549 g/mol. The molecule has 1 amide bonds. The average molecular weight is 550 g/mol. The van der Waals surface area contributed by atoms with E-state index < -0.39 is 15.4 Å². The molecule has 2 heterocycles. The van der Waals surface area contributed by atoms with Crippen molar-refractivity contribution in [1.29, 1.82) is 0 Å². The summed E-state index contributed by atoms with van der Waals surface area (Å²) in [4.78, 5) is 27.2. The number of aromatic nitrogens is 3. The first-order chi connectivity index (χ1) is 18.8. The number of hydrogen-bond acceptors (Lipinski definition) is 8. The van der Waals surface area contributed by atoms with E-state index in [9.17, 15) is 13.2 Å². The summed E-state index contributed by atoms with van der Waals surface area (Å²) in [5, 5.41) is 2.75. The van der Waals surface area contributed by atoms with Crippen LogP contribution in [0.25, 0.3) is 11.3 Å². The lowest BCUT2D eigenvalue weighted by molar-refractivity contribution is -0.122. The number of hydrogen-bond donors (Lipinski definition) is 2. The number of methoxy groups -OCH3 is 1. The molecule has 0 aliphatic heterocycles. The van der Waals surface area contributed by atoms with Gasteiger partial charge in [-0.15, -0.1) is 0 Å². The van der Waals surface area contributed by atoms with E-state index in [4.69, 9.17) is 9.47 Å². The van der Waals surface area contributed by atoms with E-state index in [-0.39, 0.29) is 11.2 Å². The number of sulfonamides is 1.